The smallest absolute Gasteiger partial charge is 0.308 e. The molecule has 0 bridgehead atoms. The first-order valence-corrected chi connectivity index (χ1v) is 9.24. The van der Waals surface area contributed by atoms with Gasteiger partial charge in [0.1, 0.15) is 5.75 Å². The third-order valence-electron chi connectivity index (χ3n) is 4.28. The van der Waals surface area contributed by atoms with Gasteiger partial charge in [-0.25, -0.2) is 0 Å². The van der Waals surface area contributed by atoms with Crippen molar-refractivity contribution in [2.75, 3.05) is 10.6 Å². The fraction of sp³-hybridized carbons (Fsp3) is 0.261. The highest BCUT2D eigenvalue weighted by Gasteiger charge is 2.14. The molecule has 29 heavy (non-hydrogen) atoms. The normalized spacial score (nSPS) is 11.6. The molecule has 2 rings (SSSR count). The Morgan fingerprint density at radius 2 is 1.52 bits per heavy atom. The summed E-state index contributed by atoms with van der Waals surface area (Å²) in [5.41, 5.74) is 2.32. The van der Waals surface area contributed by atoms with Gasteiger partial charge in [0.25, 0.3) is 5.91 Å². The predicted molar refractivity (Wildman–Crippen MR) is 114 cm³/mol. The summed E-state index contributed by atoms with van der Waals surface area (Å²) in [4.78, 5) is 35.8. The Morgan fingerprint density at radius 3 is 2.14 bits per heavy atom. The lowest BCUT2D eigenvalue weighted by atomic mass is 9.87. The Hall–Kier alpha value is -3.41. The number of hydrogen-bond donors (Lipinski definition) is 2. The van der Waals surface area contributed by atoms with Crippen molar-refractivity contribution < 1.29 is 19.1 Å². The van der Waals surface area contributed by atoms with Crippen LogP contribution in [0.1, 0.15) is 45.0 Å². The minimum absolute atomic E-state index is 0.0895. The molecule has 0 aliphatic rings. The number of amides is 2. The molecule has 2 N–H and O–H groups in total. The van der Waals surface area contributed by atoms with E-state index in [2.05, 4.69) is 10.6 Å². The topological polar surface area (TPSA) is 84.5 Å². The van der Waals surface area contributed by atoms with Crippen LogP contribution in [0.5, 0.6) is 5.75 Å². The third kappa shape index (κ3) is 6.92. The maximum absolute atomic E-state index is 12.5. The molecule has 6 nitrogen and oxygen atoms in total. The summed E-state index contributed by atoms with van der Waals surface area (Å²) in [6, 6.07) is 13.2. The van der Waals surface area contributed by atoms with Crippen LogP contribution in [0.25, 0.3) is 0 Å². The molecule has 2 aromatic rings. The number of benzene rings is 2. The number of anilines is 2. The van der Waals surface area contributed by atoms with Crippen LogP contribution in [-0.2, 0) is 9.59 Å². The summed E-state index contributed by atoms with van der Waals surface area (Å²) < 4.78 is 5.00. The number of carbonyl (C=O) groups excluding carboxylic acids is 3. The van der Waals surface area contributed by atoms with Crippen LogP contribution in [0.3, 0.4) is 0 Å². The molecule has 0 radical (unpaired) electrons. The number of ether oxygens (including phenoxy) is 1. The van der Waals surface area contributed by atoms with Crippen molar-refractivity contribution in [2.24, 2.45) is 5.41 Å². The van der Waals surface area contributed by atoms with Gasteiger partial charge in [-0.15, -0.1) is 0 Å². The molecular formula is C23H26N2O4. The van der Waals surface area contributed by atoms with Crippen LogP contribution in [-0.4, -0.2) is 17.8 Å². The van der Waals surface area contributed by atoms with Crippen molar-refractivity contribution in [3.05, 3.63) is 65.7 Å². The van der Waals surface area contributed by atoms with Gasteiger partial charge >= 0.3 is 5.97 Å². The molecule has 0 atom stereocenters. The largest absolute Gasteiger partial charge is 0.427 e. The zero-order chi connectivity index (χ0) is 21.6. The number of carbonyl (C=O) groups is 3. The molecule has 0 fully saturated rings. The minimum atomic E-state index is -0.457. The molecule has 0 saturated carbocycles. The molecule has 0 aromatic heterocycles. The molecule has 0 heterocycles. The van der Waals surface area contributed by atoms with Gasteiger partial charge in [-0.05, 0) is 48.7 Å². The molecule has 6 heteroatoms. The second-order valence-corrected chi connectivity index (χ2v) is 7.72. The van der Waals surface area contributed by atoms with E-state index in [0.29, 0.717) is 22.7 Å². The molecule has 152 valence electrons. The van der Waals surface area contributed by atoms with Gasteiger partial charge in [-0.3, -0.25) is 14.4 Å². The Labute approximate surface area is 171 Å². The van der Waals surface area contributed by atoms with Crippen LogP contribution in [0.15, 0.2) is 60.2 Å². The molecule has 0 aliphatic heterocycles. The fourth-order valence-corrected chi connectivity index (χ4v) is 2.34. The molecule has 0 unspecified atom stereocenters. The van der Waals surface area contributed by atoms with Gasteiger partial charge in [-0.1, -0.05) is 38.5 Å². The van der Waals surface area contributed by atoms with Gasteiger partial charge in [0.15, 0.2) is 0 Å². The maximum Gasteiger partial charge on any atom is 0.308 e. The number of allylic oxidation sites excluding steroid dienone is 1. The van der Waals surface area contributed by atoms with Gasteiger partial charge in [0, 0.05) is 29.9 Å². The summed E-state index contributed by atoms with van der Waals surface area (Å²) in [6.45, 7) is 9.33. The first kappa shape index (κ1) is 21.9. The predicted octanol–water partition coefficient (Wildman–Crippen LogP) is 4.80. The summed E-state index contributed by atoms with van der Waals surface area (Å²) in [6.07, 6.45) is 1.58. The lowest BCUT2D eigenvalue weighted by Gasteiger charge is -2.19. The minimum Gasteiger partial charge on any atom is -0.427 e. The van der Waals surface area contributed by atoms with E-state index in [0.717, 1.165) is 5.57 Å². The van der Waals surface area contributed by atoms with Crippen molar-refractivity contribution in [3.8, 4) is 5.75 Å². The second kappa shape index (κ2) is 9.19. The first-order valence-electron chi connectivity index (χ1n) is 9.24. The van der Waals surface area contributed by atoms with Crippen LogP contribution in [0, 0.1) is 5.41 Å². The van der Waals surface area contributed by atoms with Crippen molar-refractivity contribution in [3.63, 3.8) is 0 Å². The summed E-state index contributed by atoms with van der Waals surface area (Å²) in [5.74, 6) is -0.741. The standard InChI is InChI=1S/C23H26N2O4/c1-15(23(3,4)5)12-21(27)24-18-9-7-10-19(14-18)25-22(28)17-8-6-11-20(13-17)29-16(2)26/h6-14H,1-5H3,(H,24,27)(H,25,28)/b15-12+. The number of nitrogens with one attached hydrogen (secondary N) is 2. The lowest BCUT2D eigenvalue weighted by molar-refractivity contribution is -0.131. The van der Waals surface area contributed by atoms with Gasteiger partial charge < -0.3 is 15.4 Å². The van der Waals surface area contributed by atoms with Gasteiger partial charge in [-0.2, -0.15) is 0 Å². The van der Waals surface area contributed by atoms with Gasteiger partial charge in [0.05, 0.1) is 0 Å². The highest BCUT2D eigenvalue weighted by atomic mass is 16.5. The van der Waals surface area contributed by atoms with E-state index in [9.17, 15) is 14.4 Å². The second-order valence-electron chi connectivity index (χ2n) is 7.72. The average molecular weight is 394 g/mol. The monoisotopic (exact) mass is 394 g/mol. The Kier molecular flexibility index (Phi) is 6.93. The maximum atomic E-state index is 12.5. The number of rotatable bonds is 5. The average Bonchev–Trinajstić information content (AvgIpc) is 2.60. The van der Waals surface area contributed by atoms with Crippen LogP contribution >= 0.6 is 0 Å². The molecule has 2 aromatic carbocycles. The van der Waals surface area contributed by atoms with E-state index >= 15 is 0 Å². The van der Waals surface area contributed by atoms with Gasteiger partial charge in [0.2, 0.25) is 5.91 Å². The Balaban J connectivity index is 2.09. The van der Waals surface area contributed by atoms with Crippen molar-refractivity contribution in [1.82, 2.24) is 0 Å². The van der Waals surface area contributed by atoms with Crippen LogP contribution in [0.4, 0.5) is 11.4 Å². The Morgan fingerprint density at radius 1 is 0.897 bits per heavy atom. The zero-order valence-electron chi connectivity index (χ0n) is 17.3. The molecule has 0 spiro atoms. The van der Waals surface area contributed by atoms with Crippen LogP contribution < -0.4 is 15.4 Å². The zero-order valence-corrected chi connectivity index (χ0v) is 17.3. The molecule has 2 amide bonds. The van der Waals surface area contributed by atoms with E-state index in [4.69, 9.17) is 4.74 Å². The highest BCUT2D eigenvalue weighted by molar-refractivity contribution is 6.05. The van der Waals surface area contributed by atoms with Crippen molar-refractivity contribution >= 4 is 29.2 Å². The molecule has 0 aliphatic carbocycles. The van der Waals surface area contributed by atoms with Crippen molar-refractivity contribution in [1.29, 1.82) is 0 Å². The summed E-state index contributed by atoms with van der Waals surface area (Å²) in [7, 11) is 0. The SMILES string of the molecule is CC(=O)Oc1cccc(C(=O)Nc2cccc(NC(=O)/C=C(\C)C(C)(C)C)c2)c1. The number of hydrogen-bond acceptors (Lipinski definition) is 4. The fourth-order valence-electron chi connectivity index (χ4n) is 2.34. The van der Waals surface area contributed by atoms with Crippen LogP contribution in [0.2, 0.25) is 0 Å². The number of esters is 1. The highest BCUT2D eigenvalue weighted by Crippen LogP contribution is 2.24. The quantitative estimate of drug-likeness (QED) is 0.434. The van der Waals surface area contributed by atoms with Crippen molar-refractivity contribution in [2.45, 2.75) is 34.6 Å². The molecular weight excluding hydrogens is 368 g/mol. The van der Waals surface area contributed by atoms with E-state index < -0.39 is 5.97 Å². The van der Waals surface area contributed by atoms with E-state index in [1.165, 1.54) is 13.0 Å². The third-order valence-corrected chi connectivity index (χ3v) is 4.28. The molecule has 0 saturated heterocycles. The van der Waals surface area contributed by atoms with E-state index in [1.807, 2.05) is 27.7 Å². The Bertz CT molecular complexity index is 955. The summed E-state index contributed by atoms with van der Waals surface area (Å²) in [5, 5.41) is 5.58. The summed E-state index contributed by atoms with van der Waals surface area (Å²) >= 11 is 0. The van der Waals surface area contributed by atoms with E-state index in [-0.39, 0.29) is 17.2 Å². The lowest BCUT2D eigenvalue weighted by Crippen LogP contribution is -2.14. The first-order chi connectivity index (χ1) is 13.5. The van der Waals surface area contributed by atoms with E-state index in [1.54, 1.807) is 48.5 Å².